The van der Waals surface area contributed by atoms with Gasteiger partial charge in [0.2, 0.25) is 11.8 Å². The topological polar surface area (TPSA) is 71.1 Å². The predicted octanol–water partition coefficient (Wildman–Crippen LogP) is 5.49. The largest absolute Gasteiger partial charge is 0.323 e. The number of benzene rings is 2. The number of nitrogens with one attached hydrogen (secondary N) is 2. The first kappa shape index (κ1) is 22.6. The summed E-state index contributed by atoms with van der Waals surface area (Å²) >= 11 is 14.6. The number of nitrogens with zero attached hydrogens (tertiary/aromatic N) is 1. The number of thiazole rings is 1. The number of hydrogen-bond donors (Lipinski definition) is 2. The van der Waals surface area contributed by atoms with Crippen LogP contribution in [0.1, 0.15) is 10.4 Å². The van der Waals surface area contributed by atoms with Gasteiger partial charge in [-0.1, -0.05) is 41.4 Å². The van der Waals surface area contributed by atoms with Gasteiger partial charge in [-0.05, 0) is 29.8 Å². The molecule has 1 heterocycles. The van der Waals surface area contributed by atoms with Gasteiger partial charge in [-0.15, -0.1) is 23.1 Å². The molecule has 0 aliphatic heterocycles. The van der Waals surface area contributed by atoms with Gasteiger partial charge in [-0.25, -0.2) is 9.37 Å². The Labute approximate surface area is 191 Å². The van der Waals surface area contributed by atoms with E-state index >= 15 is 0 Å². The monoisotopic (exact) mass is 483 g/mol. The zero-order valence-electron chi connectivity index (χ0n) is 15.5. The van der Waals surface area contributed by atoms with E-state index in [1.54, 1.807) is 24.4 Å². The van der Waals surface area contributed by atoms with Crippen LogP contribution in [0.3, 0.4) is 0 Å². The molecule has 0 aliphatic carbocycles. The number of carbonyl (C=O) groups excluding carboxylic acids is 2. The lowest BCUT2D eigenvalue weighted by molar-refractivity contribution is -0.114. The summed E-state index contributed by atoms with van der Waals surface area (Å²) in [7, 11) is 0. The summed E-state index contributed by atoms with van der Waals surface area (Å²) in [6, 6.07) is 11.2. The molecule has 3 rings (SSSR count). The first-order valence-corrected chi connectivity index (χ1v) is 11.4. The van der Waals surface area contributed by atoms with E-state index in [2.05, 4.69) is 15.6 Å². The van der Waals surface area contributed by atoms with E-state index in [0.717, 1.165) is 22.2 Å². The highest BCUT2D eigenvalue weighted by Gasteiger charge is 2.11. The van der Waals surface area contributed by atoms with Crippen molar-refractivity contribution in [3.05, 3.63) is 75.0 Å². The lowest BCUT2D eigenvalue weighted by atomic mass is 10.1. The minimum absolute atomic E-state index is 0.0277. The van der Waals surface area contributed by atoms with Gasteiger partial charge in [0.05, 0.1) is 17.2 Å². The number of carbonyl (C=O) groups is 2. The fourth-order valence-corrected chi connectivity index (χ4v) is 4.38. The highest BCUT2D eigenvalue weighted by molar-refractivity contribution is 8.00. The van der Waals surface area contributed by atoms with Gasteiger partial charge in [0.25, 0.3) is 0 Å². The van der Waals surface area contributed by atoms with Crippen molar-refractivity contribution in [1.29, 1.82) is 0 Å². The van der Waals surface area contributed by atoms with Gasteiger partial charge in [-0.3, -0.25) is 9.59 Å². The van der Waals surface area contributed by atoms with E-state index in [1.165, 1.54) is 29.5 Å². The van der Waals surface area contributed by atoms with Gasteiger partial charge >= 0.3 is 0 Å². The molecule has 2 aromatic carbocycles. The van der Waals surface area contributed by atoms with Gasteiger partial charge in [-0.2, -0.15) is 0 Å². The van der Waals surface area contributed by atoms with E-state index in [1.807, 2.05) is 6.07 Å². The van der Waals surface area contributed by atoms with Crippen molar-refractivity contribution in [1.82, 2.24) is 4.98 Å². The van der Waals surface area contributed by atoms with Crippen LogP contribution in [0.15, 0.2) is 48.7 Å². The molecular formula is C20H16Cl2FN3O2S2. The Hall–Kier alpha value is -2.13. The average molecular weight is 484 g/mol. The second-order valence-electron chi connectivity index (χ2n) is 6.11. The normalized spacial score (nSPS) is 10.6. The van der Waals surface area contributed by atoms with Crippen molar-refractivity contribution in [2.75, 3.05) is 22.1 Å². The molecule has 2 amide bonds. The zero-order valence-corrected chi connectivity index (χ0v) is 18.6. The molecule has 10 heteroatoms. The van der Waals surface area contributed by atoms with Gasteiger partial charge in [0.1, 0.15) is 5.82 Å². The van der Waals surface area contributed by atoms with Crippen LogP contribution < -0.4 is 10.6 Å². The summed E-state index contributed by atoms with van der Waals surface area (Å²) in [4.78, 5) is 29.1. The average Bonchev–Trinajstić information content (AvgIpc) is 3.12. The smallest absolute Gasteiger partial charge is 0.236 e. The van der Waals surface area contributed by atoms with Crippen molar-refractivity contribution >= 4 is 68.9 Å². The van der Waals surface area contributed by atoms with Crippen LogP contribution in [0.4, 0.5) is 15.2 Å². The summed E-state index contributed by atoms with van der Waals surface area (Å²) < 4.78 is 13.5. The molecule has 2 N–H and O–H groups in total. The second kappa shape index (κ2) is 10.8. The Morgan fingerprint density at radius 2 is 1.80 bits per heavy atom. The number of anilines is 2. The molecule has 0 unspecified atom stereocenters. The summed E-state index contributed by atoms with van der Waals surface area (Å²) in [5, 5.41) is 6.79. The molecule has 0 saturated heterocycles. The number of halogens is 3. The summed E-state index contributed by atoms with van der Waals surface area (Å²) in [6.07, 6.45) is 2.26. The van der Waals surface area contributed by atoms with Crippen LogP contribution in [0, 0.1) is 5.82 Å². The van der Waals surface area contributed by atoms with E-state index in [4.69, 9.17) is 23.2 Å². The van der Waals surface area contributed by atoms with Crippen molar-refractivity contribution in [3.63, 3.8) is 0 Å². The van der Waals surface area contributed by atoms with Gasteiger partial charge in [0.15, 0.2) is 5.13 Å². The lowest BCUT2D eigenvalue weighted by Gasteiger charge is -2.06. The number of thioether (sulfide) groups is 1. The number of rotatable bonds is 8. The maximum absolute atomic E-state index is 13.5. The van der Waals surface area contributed by atoms with E-state index in [-0.39, 0.29) is 29.0 Å². The van der Waals surface area contributed by atoms with Crippen molar-refractivity contribution in [2.45, 2.75) is 6.42 Å². The van der Waals surface area contributed by atoms with Crippen LogP contribution in [-0.4, -0.2) is 28.3 Å². The molecule has 1 aromatic heterocycles. The summed E-state index contributed by atoms with van der Waals surface area (Å²) in [5.41, 5.74) is 1.03. The Kier molecular flexibility index (Phi) is 8.09. The van der Waals surface area contributed by atoms with E-state index in [9.17, 15) is 14.0 Å². The molecule has 3 aromatic rings. The van der Waals surface area contributed by atoms with Gasteiger partial charge < -0.3 is 10.6 Å². The Bertz CT molecular complexity index is 1060. The minimum atomic E-state index is -0.506. The van der Waals surface area contributed by atoms with Crippen molar-refractivity contribution in [2.24, 2.45) is 0 Å². The van der Waals surface area contributed by atoms with Crippen LogP contribution in [-0.2, 0) is 16.0 Å². The lowest BCUT2D eigenvalue weighted by Crippen LogP contribution is -2.18. The maximum atomic E-state index is 13.5. The minimum Gasteiger partial charge on any atom is -0.323 e. The third-order valence-electron chi connectivity index (χ3n) is 3.79. The molecule has 5 nitrogen and oxygen atoms in total. The third-order valence-corrected chi connectivity index (χ3v) is 6.23. The molecule has 156 valence electrons. The highest BCUT2D eigenvalue weighted by atomic mass is 35.5. The molecule has 0 saturated carbocycles. The Morgan fingerprint density at radius 3 is 2.53 bits per heavy atom. The third kappa shape index (κ3) is 6.70. The zero-order chi connectivity index (χ0) is 21.5. The van der Waals surface area contributed by atoms with Crippen molar-refractivity contribution < 1.29 is 14.0 Å². The number of aromatic nitrogens is 1. The van der Waals surface area contributed by atoms with E-state index in [0.29, 0.717) is 21.6 Å². The standard InChI is InChI=1S/C20H16Cl2FN3O2S2/c21-13-6-5-12(15(22)8-13)7-14-9-24-20(30-14)26-19(28)11-29-10-18(27)25-17-4-2-1-3-16(17)23/h1-6,8-9H,7,10-11H2,(H,25,27)(H,24,26,28). The fourth-order valence-electron chi connectivity index (χ4n) is 2.44. The Morgan fingerprint density at radius 1 is 1.07 bits per heavy atom. The molecule has 0 fully saturated rings. The van der Waals surface area contributed by atoms with Gasteiger partial charge in [0, 0.05) is 27.5 Å². The summed E-state index contributed by atoms with van der Waals surface area (Å²) in [5.74, 6) is -1.06. The van der Waals surface area contributed by atoms with E-state index < -0.39 is 5.82 Å². The highest BCUT2D eigenvalue weighted by Crippen LogP contribution is 2.27. The molecule has 0 atom stereocenters. The number of amides is 2. The first-order valence-electron chi connectivity index (χ1n) is 8.71. The van der Waals surface area contributed by atoms with Crippen LogP contribution >= 0.6 is 46.3 Å². The maximum Gasteiger partial charge on any atom is 0.236 e. The molecule has 0 aliphatic rings. The van der Waals surface area contributed by atoms with Crippen LogP contribution in [0.5, 0.6) is 0 Å². The molecular weight excluding hydrogens is 468 g/mol. The van der Waals surface area contributed by atoms with Crippen molar-refractivity contribution in [3.8, 4) is 0 Å². The molecule has 0 radical (unpaired) electrons. The SMILES string of the molecule is O=C(CSCC(=O)Nc1ccccc1F)Nc1ncc(Cc2ccc(Cl)cc2Cl)s1. The molecule has 0 bridgehead atoms. The number of para-hydroxylation sites is 1. The molecule has 0 spiro atoms. The first-order chi connectivity index (χ1) is 14.4. The quantitative estimate of drug-likeness (QED) is 0.444. The second-order valence-corrected chi connectivity index (χ2v) is 9.06. The molecule has 30 heavy (non-hydrogen) atoms. The number of hydrogen-bond acceptors (Lipinski definition) is 5. The van der Waals surface area contributed by atoms with Crippen LogP contribution in [0.2, 0.25) is 10.0 Å². The van der Waals surface area contributed by atoms with Crippen LogP contribution in [0.25, 0.3) is 0 Å². The predicted molar refractivity (Wildman–Crippen MR) is 122 cm³/mol. The summed E-state index contributed by atoms with van der Waals surface area (Å²) in [6.45, 7) is 0. The fraction of sp³-hybridized carbons (Fsp3) is 0.150. The Balaban J connectivity index is 1.43.